The number of aromatic nitrogens is 4. The van der Waals surface area contributed by atoms with Crippen LogP contribution in [0, 0.1) is 11.6 Å². The Hall–Kier alpha value is -3.09. The van der Waals surface area contributed by atoms with E-state index in [-0.39, 0.29) is 17.4 Å². The van der Waals surface area contributed by atoms with Crippen LogP contribution in [-0.2, 0) is 11.2 Å². The number of hydrogen-bond acceptors (Lipinski definition) is 6. The molecule has 1 saturated carbocycles. The second-order valence-corrected chi connectivity index (χ2v) is 8.95. The summed E-state index contributed by atoms with van der Waals surface area (Å²) in [6.45, 7) is 4.00. The SMILES string of the molecule is CCc1nn(-c2noc(C3CCN(C4CCCC4)CC3)n2)c2c(F)c(F)ccc12.O=C(O)C(F)(F)F. The number of rotatable bonds is 4. The van der Waals surface area contributed by atoms with Crippen molar-refractivity contribution in [3.63, 3.8) is 0 Å². The van der Waals surface area contributed by atoms with E-state index in [1.807, 2.05) is 6.92 Å². The molecule has 1 N–H and O–H groups in total. The largest absolute Gasteiger partial charge is 0.490 e. The summed E-state index contributed by atoms with van der Waals surface area (Å²) in [4.78, 5) is 16.0. The van der Waals surface area contributed by atoms with E-state index in [2.05, 4.69) is 20.1 Å². The molecule has 1 aromatic carbocycles. The van der Waals surface area contributed by atoms with Gasteiger partial charge >= 0.3 is 12.1 Å². The molecule has 0 atom stereocenters. The van der Waals surface area contributed by atoms with Gasteiger partial charge in [-0.2, -0.15) is 27.9 Å². The molecule has 36 heavy (non-hydrogen) atoms. The number of hydrogen-bond donors (Lipinski definition) is 1. The van der Waals surface area contributed by atoms with E-state index in [0.29, 0.717) is 23.4 Å². The lowest BCUT2D eigenvalue weighted by atomic mass is 9.95. The summed E-state index contributed by atoms with van der Waals surface area (Å²) in [7, 11) is 0. The molecule has 2 fully saturated rings. The smallest absolute Gasteiger partial charge is 0.475 e. The van der Waals surface area contributed by atoms with E-state index in [0.717, 1.165) is 38.0 Å². The number of likely N-dealkylation sites (tertiary alicyclic amines) is 1. The molecule has 0 radical (unpaired) electrons. The third-order valence-corrected chi connectivity index (χ3v) is 6.73. The molecule has 13 heteroatoms. The second-order valence-electron chi connectivity index (χ2n) is 8.95. The highest BCUT2D eigenvalue weighted by molar-refractivity contribution is 5.83. The molecule has 3 aromatic rings. The number of benzene rings is 1. The Morgan fingerprint density at radius 3 is 2.36 bits per heavy atom. The first-order valence-corrected chi connectivity index (χ1v) is 11.8. The lowest BCUT2D eigenvalue weighted by Gasteiger charge is -2.34. The van der Waals surface area contributed by atoms with E-state index < -0.39 is 23.8 Å². The van der Waals surface area contributed by atoms with Crippen LogP contribution in [0.1, 0.15) is 63.0 Å². The van der Waals surface area contributed by atoms with Crippen LogP contribution >= 0.6 is 0 Å². The van der Waals surface area contributed by atoms with Gasteiger partial charge in [0.05, 0.1) is 5.69 Å². The van der Waals surface area contributed by atoms with Crippen molar-refractivity contribution in [2.75, 3.05) is 13.1 Å². The minimum atomic E-state index is -5.08. The average molecular weight is 515 g/mol. The lowest BCUT2D eigenvalue weighted by Crippen LogP contribution is -2.39. The third kappa shape index (κ3) is 5.35. The van der Waals surface area contributed by atoms with Gasteiger partial charge < -0.3 is 14.5 Å². The van der Waals surface area contributed by atoms with Gasteiger partial charge in [-0.1, -0.05) is 19.8 Å². The van der Waals surface area contributed by atoms with Crippen LogP contribution in [0.5, 0.6) is 0 Å². The van der Waals surface area contributed by atoms with E-state index in [9.17, 15) is 22.0 Å². The standard InChI is InChI=1S/C21H25F2N5O.C2HF3O2/c1-2-17-15-7-8-16(22)18(23)19(15)28(25-17)21-24-20(29-26-21)13-9-11-27(12-10-13)14-5-3-4-6-14;3-2(4,5)1(6)7/h7-8,13-14H,2-6,9-12H2,1H3;(H,6,7). The Kier molecular flexibility index (Phi) is 7.57. The Labute approximate surface area is 203 Å². The topological polar surface area (TPSA) is 97.3 Å². The van der Waals surface area contributed by atoms with E-state index in [1.165, 1.54) is 30.4 Å². The zero-order valence-electron chi connectivity index (χ0n) is 19.6. The Balaban J connectivity index is 0.000000384. The molecule has 0 bridgehead atoms. The maximum Gasteiger partial charge on any atom is 0.490 e. The van der Waals surface area contributed by atoms with Crippen LogP contribution in [0.2, 0.25) is 0 Å². The van der Waals surface area contributed by atoms with Gasteiger partial charge in [-0.05, 0) is 62.5 Å². The number of carbonyl (C=O) groups is 1. The van der Waals surface area contributed by atoms with Crippen molar-refractivity contribution >= 4 is 16.9 Å². The molecule has 2 aromatic heterocycles. The van der Waals surface area contributed by atoms with Gasteiger partial charge in [0, 0.05) is 17.3 Å². The number of aryl methyl sites for hydroxylation is 1. The number of halogens is 5. The molecule has 5 rings (SSSR count). The fraction of sp³-hybridized carbons (Fsp3) is 0.565. The van der Waals surface area contributed by atoms with Gasteiger partial charge in [0.1, 0.15) is 5.52 Å². The molecular formula is C23H26F5N5O3. The number of aliphatic carboxylic acids is 1. The van der Waals surface area contributed by atoms with Crippen LogP contribution in [0.15, 0.2) is 16.7 Å². The maximum absolute atomic E-state index is 14.5. The fourth-order valence-electron chi connectivity index (χ4n) is 4.87. The van der Waals surface area contributed by atoms with Gasteiger partial charge in [0.25, 0.3) is 5.95 Å². The minimum absolute atomic E-state index is 0.0604. The van der Waals surface area contributed by atoms with Gasteiger partial charge in [-0.15, -0.1) is 0 Å². The quantitative estimate of drug-likeness (QED) is 0.488. The summed E-state index contributed by atoms with van der Waals surface area (Å²) in [6, 6.07) is 3.41. The maximum atomic E-state index is 14.5. The molecule has 0 spiro atoms. The predicted octanol–water partition coefficient (Wildman–Crippen LogP) is 5.00. The zero-order chi connectivity index (χ0) is 26.0. The highest BCUT2D eigenvalue weighted by Gasteiger charge is 2.38. The number of carboxylic acids is 1. The molecule has 0 amide bonds. The average Bonchev–Trinajstić information content (AvgIpc) is 3.61. The Morgan fingerprint density at radius 1 is 1.14 bits per heavy atom. The lowest BCUT2D eigenvalue weighted by molar-refractivity contribution is -0.192. The molecule has 3 heterocycles. The van der Waals surface area contributed by atoms with E-state index >= 15 is 0 Å². The molecule has 1 saturated heterocycles. The molecule has 0 unspecified atom stereocenters. The number of fused-ring (bicyclic) bond motifs is 1. The van der Waals surface area contributed by atoms with Crippen molar-refractivity contribution in [3.05, 3.63) is 35.4 Å². The third-order valence-electron chi connectivity index (χ3n) is 6.73. The van der Waals surface area contributed by atoms with Crippen molar-refractivity contribution in [2.24, 2.45) is 0 Å². The number of nitrogens with zero attached hydrogens (tertiary/aromatic N) is 5. The molecule has 8 nitrogen and oxygen atoms in total. The monoisotopic (exact) mass is 515 g/mol. The van der Waals surface area contributed by atoms with Crippen LogP contribution in [0.25, 0.3) is 16.9 Å². The number of carboxylic acid groups (broad SMARTS) is 1. The van der Waals surface area contributed by atoms with Crippen molar-refractivity contribution in [2.45, 2.75) is 70.0 Å². The molecular weight excluding hydrogens is 489 g/mol. The summed E-state index contributed by atoms with van der Waals surface area (Å²) in [5, 5.41) is 16.2. The summed E-state index contributed by atoms with van der Waals surface area (Å²) in [6.07, 6.45) is 2.76. The van der Waals surface area contributed by atoms with E-state index in [4.69, 9.17) is 14.4 Å². The van der Waals surface area contributed by atoms with Crippen LogP contribution in [0.3, 0.4) is 0 Å². The van der Waals surface area contributed by atoms with Crippen molar-refractivity contribution in [3.8, 4) is 5.95 Å². The van der Waals surface area contributed by atoms with Crippen molar-refractivity contribution in [1.82, 2.24) is 24.8 Å². The van der Waals surface area contributed by atoms with Crippen molar-refractivity contribution in [1.29, 1.82) is 0 Å². The minimum Gasteiger partial charge on any atom is -0.475 e. The highest BCUT2D eigenvalue weighted by Crippen LogP contribution is 2.33. The Bertz CT molecular complexity index is 1210. The summed E-state index contributed by atoms with van der Waals surface area (Å²) in [5.41, 5.74) is 0.736. The zero-order valence-corrected chi connectivity index (χ0v) is 19.6. The van der Waals surface area contributed by atoms with Crippen molar-refractivity contribution < 1.29 is 36.4 Å². The summed E-state index contributed by atoms with van der Waals surface area (Å²) in [5.74, 6) is -3.69. The number of piperidine rings is 1. The molecule has 2 aliphatic rings. The molecule has 1 aliphatic heterocycles. The normalized spacial score (nSPS) is 17.9. The first kappa shape index (κ1) is 26.0. The van der Waals surface area contributed by atoms with E-state index in [1.54, 1.807) is 6.07 Å². The van der Waals surface area contributed by atoms with Gasteiger partial charge in [-0.25, -0.2) is 13.6 Å². The number of alkyl halides is 3. The van der Waals surface area contributed by atoms with Gasteiger partial charge in [0.2, 0.25) is 5.89 Å². The van der Waals surface area contributed by atoms with Crippen LogP contribution < -0.4 is 0 Å². The highest BCUT2D eigenvalue weighted by atomic mass is 19.4. The second kappa shape index (κ2) is 10.5. The Morgan fingerprint density at radius 2 is 1.78 bits per heavy atom. The van der Waals surface area contributed by atoms with Crippen LogP contribution in [-0.4, -0.2) is 61.2 Å². The summed E-state index contributed by atoms with van der Waals surface area (Å²) < 4.78 is 66.9. The first-order valence-electron chi connectivity index (χ1n) is 11.8. The molecule has 196 valence electrons. The first-order chi connectivity index (χ1) is 17.1. The predicted molar refractivity (Wildman–Crippen MR) is 118 cm³/mol. The van der Waals surface area contributed by atoms with Crippen LogP contribution in [0.4, 0.5) is 22.0 Å². The van der Waals surface area contributed by atoms with Gasteiger partial charge in [0.15, 0.2) is 11.6 Å². The molecule has 1 aliphatic carbocycles. The summed E-state index contributed by atoms with van der Waals surface area (Å²) >= 11 is 0. The fourth-order valence-corrected chi connectivity index (χ4v) is 4.87. The van der Waals surface area contributed by atoms with Gasteiger partial charge in [-0.3, -0.25) is 0 Å².